The third-order valence-electron chi connectivity index (χ3n) is 1.55. The monoisotopic (exact) mass is 256 g/mol. The quantitative estimate of drug-likeness (QED) is 0.752. The minimum absolute atomic E-state index is 0.0156. The largest absolute Gasteiger partial charge is 0.450 e. The van der Waals surface area contributed by atoms with Crippen molar-refractivity contribution in [2.45, 2.75) is 11.9 Å². The van der Waals surface area contributed by atoms with E-state index in [9.17, 15) is 9.59 Å². The number of rotatable bonds is 4. The van der Waals surface area contributed by atoms with Crippen molar-refractivity contribution in [3.63, 3.8) is 0 Å². The lowest BCUT2D eigenvalue weighted by molar-refractivity contribution is -0.117. The molecule has 7 nitrogen and oxygen atoms in total. The van der Waals surface area contributed by atoms with Crippen LogP contribution < -0.4 is 11.1 Å². The van der Waals surface area contributed by atoms with Crippen LogP contribution in [-0.4, -0.2) is 34.3 Å². The Kier molecular flexibility index (Phi) is 5.21. The fourth-order valence-electron chi connectivity index (χ4n) is 0.898. The molecular formula is C9H12N4O3S. The molecule has 1 heterocycles. The molecule has 92 valence electrons. The zero-order chi connectivity index (χ0) is 12.7. The van der Waals surface area contributed by atoms with E-state index in [-0.39, 0.29) is 18.2 Å². The van der Waals surface area contributed by atoms with Crippen LogP contribution in [0.1, 0.15) is 6.92 Å². The SMILES string of the molecule is CCOC(=O)NC(=O)CSc1nccnc1N. The van der Waals surface area contributed by atoms with Crippen LogP contribution >= 0.6 is 11.8 Å². The molecule has 1 aromatic heterocycles. The molecule has 0 aliphatic heterocycles. The fraction of sp³-hybridized carbons (Fsp3) is 0.333. The van der Waals surface area contributed by atoms with E-state index < -0.39 is 12.0 Å². The number of carbonyl (C=O) groups excluding carboxylic acids is 2. The van der Waals surface area contributed by atoms with Gasteiger partial charge >= 0.3 is 6.09 Å². The van der Waals surface area contributed by atoms with Crippen molar-refractivity contribution in [2.24, 2.45) is 0 Å². The Hall–Kier alpha value is -1.83. The normalized spacial score (nSPS) is 9.71. The number of nitrogen functional groups attached to an aromatic ring is 1. The highest BCUT2D eigenvalue weighted by molar-refractivity contribution is 8.00. The number of hydrogen-bond acceptors (Lipinski definition) is 7. The number of imide groups is 1. The summed E-state index contributed by atoms with van der Waals surface area (Å²) < 4.78 is 4.56. The molecular weight excluding hydrogens is 244 g/mol. The summed E-state index contributed by atoms with van der Waals surface area (Å²) >= 11 is 1.10. The Morgan fingerprint density at radius 1 is 1.47 bits per heavy atom. The number of alkyl carbamates (subject to hydrolysis) is 1. The zero-order valence-corrected chi connectivity index (χ0v) is 9.99. The van der Waals surface area contributed by atoms with Crippen LogP contribution in [0.2, 0.25) is 0 Å². The number of ether oxygens (including phenoxy) is 1. The number of hydrogen-bond donors (Lipinski definition) is 2. The summed E-state index contributed by atoms with van der Waals surface area (Å²) in [5.74, 6) is -0.207. The van der Waals surface area contributed by atoms with Crippen LogP contribution in [0.3, 0.4) is 0 Å². The first-order chi connectivity index (χ1) is 8.13. The maximum atomic E-state index is 11.3. The molecule has 2 amide bonds. The molecule has 8 heteroatoms. The molecule has 3 N–H and O–H groups in total. The van der Waals surface area contributed by atoms with E-state index in [1.165, 1.54) is 12.4 Å². The van der Waals surface area contributed by atoms with Gasteiger partial charge in [-0.25, -0.2) is 14.8 Å². The average molecular weight is 256 g/mol. The predicted octanol–water partition coefficient (Wildman–Crippen LogP) is 0.424. The second-order valence-corrected chi connectivity index (χ2v) is 3.77. The number of nitrogens with two attached hydrogens (primary N) is 1. The van der Waals surface area contributed by atoms with E-state index in [0.717, 1.165) is 11.8 Å². The summed E-state index contributed by atoms with van der Waals surface area (Å²) in [5, 5.41) is 2.51. The molecule has 0 unspecified atom stereocenters. The molecule has 0 atom stereocenters. The number of aromatic nitrogens is 2. The first-order valence-electron chi connectivity index (χ1n) is 4.79. The topological polar surface area (TPSA) is 107 Å². The molecule has 17 heavy (non-hydrogen) atoms. The number of nitrogens with one attached hydrogen (secondary N) is 1. The number of anilines is 1. The Morgan fingerprint density at radius 2 is 2.18 bits per heavy atom. The Balaban J connectivity index is 2.38. The van der Waals surface area contributed by atoms with Crippen molar-refractivity contribution < 1.29 is 14.3 Å². The molecule has 1 rings (SSSR count). The van der Waals surface area contributed by atoms with E-state index in [2.05, 4.69) is 20.0 Å². The molecule has 0 aliphatic rings. The third-order valence-corrected chi connectivity index (χ3v) is 2.54. The summed E-state index contributed by atoms with van der Waals surface area (Å²) in [6.45, 7) is 1.86. The average Bonchev–Trinajstić information content (AvgIpc) is 2.28. The van der Waals surface area contributed by atoms with Crippen molar-refractivity contribution >= 4 is 29.6 Å². The number of thioether (sulfide) groups is 1. The van der Waals surface area contributed by atoms with Gasteiger partial charge in [-0.2, -0.15) is 0 Å². The lowest BCUT2D eigenvalue weighted by atomic mass is 10.7. The molecule has 0 aromatic carbocycles. The molecule has 0 radical (unpaired) electrons. The Labute approximate surface area is 102 Å². The van der Waals surface area contributed by atoms with E-state index >= 15 is 0 Å². The van der Waals surface area contributed by atoms with Crippen LogP contribution in [0.4, 0.5) is 10.6 Å². The lowest BCUT2D eigenvalue weighted by Crippen LogP contribution is -2.32. The molecule has 0 aliphatic carbocycles. The van der Waals surface area contributed by atoms with Crippen LogP contribution in [0.15, 0.2) is 17.4 Å². The van der Waals surface area contributed by atoms with Gasteiger partial charge in [0.05, 0.1) is 12.4 Å². The third kappa shape index (κ3) is 4.68. The van der Waals surface area contributed by atoms with Crippen molar-refractivity contribution in [3.05, 3.63) is 12.4 Å². The van der Waals surface area contributed by atoms with Gasteiger partial charge in [-0.1, -0.05) is 11.8 Å². The van der Waals surface area contributed by atoms with E-state index in [0.29, 0.717) is 5.03 Å². The second kappa shape index (κ2) is 6.69. The highest BCUT2D eigenvalue weighted by atomic mass is 32.2. The standard InChI is InChI=1S/C9H12N4O3S/c1-2-16-9(15)13-6(14)5-17-8-7(10)11-3-4-12-8/h3-4H,2,5H2,1H3,(H2,10,11)(H,13,14,15). The Bertz CT molecular complexity index is 413. The van der Waals surface area contributed by atoms with Crippen LogP contribution in [0.25, 0.3) is 0 Å². The minimum atomic E-state index is -0.759. The maximum Gasteiger partial charge on any atom is 0.413 e. The van der Waals surface area contributed by atoms with Gasteiger partial charge in [0.1, 0.15) is 5.03 Å². The fourth-order valence-corrected chi connectivity index (χ4v) is 1.57. The van der Waals surface area contributed by atoms with Gasteiger partial charge in [0.2, 0.25) is 5.91 Å². The smallest absolute Gasteiger partial charge is 0.413 e. The molecule has 0 saturated heterocycles. The summed E-state index contributed by atoms with van der Waals surface area (Å²) in [7, 11) is 0. The molecule has 0 spiro atoms. The summed E-state index contributed by atoms with van der Waals surface area (Å²) in [6, 6.07) is 0. The van der Waals surface area contributed by atoms with Crippen molar-refractivity contribution in [1.29, 1.82) is 0 Å². The summed E-state index contributed by atoms with van der Waals surface area (Å²) in [4.78, 5) is 30.0. The van der Waals surface area contributed by atoms with Gasteiger partial charge in [0.25, 0.3) is 0 Å². The zero-order valence-electron chi connectivity index (χ0n) is 9.17. The number of amides is 2. The van der Waals surface area contributed by atoms with Crippen molar-refractivity contribution in [3.8, 4) is 0 Å². The maximum absolute atomic E-state index is 11.3. The van der Waals surface area contributed by atoms with Crippen molar-refractivity contribution in [1.82, 2.24) is 15.3 Å². The minimum Gasteiger partial charge on any atom is -0.450 e. The number of nitrogens with zero attached hydrogens (tertiary/aromatic N) is 2. The first-order valence-corrected chi connectivity index (χ1v) is 5.78. The van der Waals surface area contributed by atoms with Gasteiger partial charge in [-0.3, -0.25) is 10.1 Å². The number of carbonyl (C=O) groups is 2. The molecule has 1 aromatic rings. The van der Waals surface area contributed by atoms with Crippen LogP contribution in [0, 0.1) is 0 Å². The van der Waals surface area contributed by atoms with Gasteiger partial charge in [0.15, 0.2) is 5.82 Å². The van der Waals surface area contributed by atoms with Gasteiger partial charge in [-0.05, 0) is 6.92 Å². The molecule has 0 saturated carbocycles. The predicted molar refractivity (Wildman–Crippen MR) is 62.3 cm³/mol. The molecule has 0 fully saturated rings. The summed E-state index contributed by atoms with van der Waals surface area (Å²) in [5.41, 5.74) is 5.54. The van der Waals surface area contributed by atoms with Crippen molar-refractivity contribution in [2.75, 3.05) is 18.1 Å². The van der Waals surface area contributed by atoms with Crippen LogP contribution in [-0.2, 0) is 9.53 Å². The second-order valence-electron chi connectivity index (χ2n) is 2.80. The van der Waals surface area contributed by atoms with Gasteiger partial charge < -0.3 is 10.5 Å². The Morgan fingerprint density at radius 3 is 2.82 bits per heavy atom. The van der Waals surface area contributed by atoms with E-state index in [1.807, 2.05) is 0 Å². The first kappa shape index (κ1) is 13.2. The van der Waals surface area contributed by atoms with Gasteiger partial charge in [0, 0.05) is 12.4 Å². The van der Waals surface area contributed by atoms with E-state index in [1.54, 1.807) is 6.92 Å². The molecule has 0 bridgehead atoms. The summed E-state index contributed by atoms with van der Waals surface area (Å²) in [6.07, 6.45) is 2.17. The lowest BCUT2D eigenvalue weighted by Gasteiger charge is -2.04. The van der Waals surface area contributed by atoms with Crippen LogP contribution in [0.5, 0.6) is 0 Å². The highest BCUT2D eigenvalue weighted by Crippen LogP contribution is 2.18. The highest BCUT2D eigenvalue weighted by Gasteiger charge is 2.10. The van der Waals surface area contributed by atoms with Gasteiger partial charge in [-0.15, -0.1) is 0 Å². The van der Waals surface area contributed by atoms with E-state index in [4.69, 9.17) is 5.73 Å².